The Morgan fingerprint density at radius 2 is 1.79 bits per heavy atom. The van der Waals surface area contributed by atoms with Crippen LogP contribution in [0.5, 0.6) is 5.75 Å². The molecule has 7 nitrogen and oxygen atoms in total. The number of nitrogens with zero attached hydrogens (tertiary/aromatic N) is 4. The molecule has 0 atom stereocenters. The van der Waals surface area contributed by atoms with Crippen molar-refractivity contribution in [1.82, 2.24) is 30.1 Å². The zero-order valence-electron chi connectivity index (χ0n) is 17.5. The van der Waals surface area contributed by atoms with E-state index in [1.165, 1.54) is 19.2 Å². The van der Waals surface area contributed by atoms with E-state index in [9.17, 15) is 4.39 Å². The maximum atomic E-state index is 14.2. The highest BCUT2D eigenvalue weighted by molar-refractivity contribution is 5.99. The van der Waals surface area contributed by atoms with Gasteiger partial charge in [0, 0.05) is 35.6 Å². The second-order valence-electron chi connectivity index (χ2n) is 7.58. The number of benzene rings is 1. The van der Waals surface area contributed by atoms with Gasteiger partial charge in [-0.1, -0.05) is 0 Å². The van der Waals surface area contributed by atoms with Crippen LogP contribution in [0.4, 0.5) is 4.39 Å². The van der Waals surface area contributed by atoms with E-state index in [2.05, 4.69) is 25.1 Å². The lowest BCUT2D eigenvalue weighted by atomic mass is 10.0. The summed E-state index contributed by atoms with van der Waals surface area (Å²) in [5.74, 6) is 0.0908. The third-order valence-electron chi connectivity index (χ3n) is 5.59. The molecule has 0 unspecified atom stereocenters. The van der Waals surface area contributed by atoms with E-state index in [-0.39, 0.29) is 5.82 Å². The first kappa shape index (κ1) is 19.1. The highest BCUT2D eigenvalue weighted by Gasteiger charge is 2.16. The molecule has 0 aliphatic rings. The highest BCUT2D eigenvalue weighted by Crippen LogP contribution is 2.34. The maximum absolute atomic E-state index is 14.2. The summed E-state index contributed by atoms with van der Waals surface area (Å²) in [6.07, 6.45) is 5.17. The molecule has 5 heterocycles. The third-order valence-corrected chi connectivity index (χ3v) is 5.59. The van der Waals surface area contributed by atoms with E-state index in [0.29, 0.717) is 22.7 Å². The number of fused-ring (bicyclic) bond motifs is 2. The Labute approximate surface area is 187 Å². The van der Waals surface area contributed by atoms with E-state index in [4.69, 9.17) is 9.72 Å². The summed E-state index contributed by atoms with van der Waals surface area (Å²) >= 11 is 0. The number of ether oxygens (including phenoxy) is 1. The van der Waals surface area contributed by atoms with Gasteiger partial charge in [-0.05, 0) is 59.7 Å². The van der Waals surface area contributed by atoms with Crippen LogP contribution in [0, 0.1) is 5.82 Å². The number of halogens is 1. The number of aromatic amines is 2. The van der Waals surface area contributed by atoms with Crippen molar-refractivity contribution in [2.24, 2.45) is 0 Å². The Balaban J connectivity index is 1.50. The van der Waals surface area contributed by atoms with Crippen LogP contribution < -0.4 is 4.74 Å². The minimum absolute atomic E-state index is 0.365. The molecule has 8 heteroatoms. The molecule has 6 aromatic rings. The molecule has 160 valence electrons. The van der Waals surface area contributed by atoms with Crippen LogP contribution in [0.1, 0.15) is 0 Å². The summed E-state index contributed by atoms with van der Waals surface area (Å²) in [4.78, 5) is 16.7. The van der Waals surface area contributed by atoms with Gasteiger partial charge in [-0.2, -0.15) is 5.10 Å². The number of rotatable bonds is 4. The van der Waals surface area contributed by atoms with Crippen molar-refractivity contribution in [3.8, 4) is 39.5 Å². The quantitative estimate of drug-likeness (QED) is 0.387. The molecule has 0 amide bonds. The minimum atomic E-state index is -0.365. The van der Waals surface area contributed by atoms with E-state index in [0.717, 1.165) is 38.9 Å². The number of methoxy groups -OCH3 is 1. The van der Waals surface area contributed by atoms with Crippen LogP contribution in [-0.4, -0.2) is 37.2 Å². The molecular formula is C25H17FN6O. The summed E-state index contributed by atoms with van der Waals surface area (Å²) in [6.45, 7) is 0. The van der Waals surface area contributed by atoms with E-state index in [1.807, 2.05) is 36.4 Å². The van der Waals surface area contributed by atoms with Crippen molar-refractivity contribution < 1.29 is 9.13 Å². The minimum Gasteiger partial charge on any atom is -0.497 e. The number of pyridine rings is 3. The molecule has 6 rings (SSSR count). The average Bonchev–Trinajstić information content (AvgIpc) is 3.47. The predicted octanol–water partition coefficient (Wildman–Crippen LogP) is 5.38. The molecule has 33 heavy (non-hydrogen) atoms. The first-order valence-corrected chi connectivity index (χ1v) is 10.3. The molecule has 0 radical (unpaired) electrons. The highest BCUT2D eigenvalue weighted by atomic mass is 19.1. The van der Waals surface area contributed by atoms with Gasteiger partial charge >= 0.3 is 0 Å². The number of nitrogens with one attached hydrogen (secondary N) is 2. The SMILES string of the molecule is COc1cc(F)cc(-c2ccnc3[nH]c(-c4n[nH]c5ccc(-c6ccncc6)nc45)cc23)c1. The molecule has 1 aromatic carbocycles. The lowest BCUT2D eigenvalue weighted by Crippen LogP contribution is -1.88. The van der Waals surface area contributed by atoms with Crippen LogP contribution in [0.15, 0.2) is 73.2 Å². The fourth-order valence-corrected chi connectivity index (χ4v) is 4.01. The smallest absolute Gasteiger partial charge is 0.138 e. The van der Waals surface area contributed by atoms with Crippen molar-refractivity contribution >= 4 is 22.1 Å². The van der Waals surface area contributed by atoms with Crippen molar-refractivity contribution in [3.05, 3.63) is 79.0 Å². The van der Waals surface area contributed by atoms with Crippen molar-refractivity contribution in [2.75, 3.05) is 7.11 Å². The Bertz CT molecular complexity index is 1620. The van der Waals surface area contributed by atoms with Gasteiger partial charge in [-0.3, -0.25) is 10.1 Å². The molecule has 0 fully saturated rings. The third kappa shape index (κ3) is 3.28. The van der Waals surface area contributed by atoms with Gasteiger partial charge in [0.25, 0.3) is 0 Å². The van der Waals surface area contributed by atoms with Gasteiger partial charge in [0.1, 0.15) is 28.4 Å². The Hall–Kier alpha value is -4.59. The number of hydrogen-bond acceptors (Lipinski definition) is 5. The summed E-state index contributed by atoms with van der Waals surface area (Å²) in [5, 5.41) is 8.40. The molecule has 0 aliphatic heterocycles. The van der Waals surface area contributed by atoms with Gasteiger partial charge in [-0.25, -0.2) is 14.4 Å². The lowest BCUT2D eigenvalue weighted by Gasteiger charge is -2.06. The largest absolute Gasteiger partial charge is 0.497 e. The van der Waals surface area contributed by atoms with Crippen LogP contribution in [0.3, 0.4) is 0 Å². The summed E-state index contributed by atoms with van der Waals surface area (Å²) < 4.78 is 19.4. The van der Waals surface area contributed by atoms with Crippen molar-refractivity contribution in [1.29, 1.82) is 0 Å². The second-order valence-corrected chi connectivity index (χ2v) is 7.58. The standard InChI is InChI=1S/C25H17FN6O/c1-33-17-11-15(10-16(26)12-17)18-6-9-28-25-19(18)13-22(30-25)24-23-21(31-32-24)3-2-20(29-23)14-4-7-27-8-5-14/h2-13H,1H3,(H,28,30)(H,31,32). The maximum Gasteiger partial charge on any atom is 0.138 e. The molecule has 0 bridgehead atoms. The Morgan fingerprint density at radius 3 is 2.64 bits per heavy atom. The van der Waals surface area contributed by atoms with E-state index in [1.54, 1.807) is 24.7 Å². The van der Waals surface area contributed by atoms with Gasteiger partial charge < -0.3 is 9.72 Å². The molecule has 2 N–H and O–H groups in total. The number of hydrogen-bond donors (Lipinski definition) is 2. The van der Waals surface area contributed by atoms with Gasteiger partial charge in [-0.15, -0.1) is 0 Å². The molecular weight excluding hydrogens is 419 g/mol. The zero-order chi connectivity index (χ0) is 22.4. The molecule has 0 aliphatic carbocycles. The fourth-order valence-electron chi connectivity index (χ4n) is 4.01. The van der Waals surface area contributed by atoms with Gasteiger partial charge in [0.15, 0.2) is 0 Å². The molecule has 0 spiro atoms. The average molecular weight is 436 g/mol. The summed E-state index contributed by atoms with van der Waals surface area (Å²) in [7, 11) is 1.52. The first-order chi connectivity index (χ1) is 16.2. The van der Waals surface area contributed by atoms with Gasteiger partial charge in [0.05, 0.1) is 24.0 Å². The van der Waals surface area contributed by atoms with Crippen molar-refractivity contribution in [2.45, 2.75) is 0 Å². The van der Waals surface area contributed by atoms with Crippen LogP contribution in [-0.2, 0) is 0 Å². The van der Waals surface area contributed by atoms with E-state index >= 15 is 0 Å². The Morgan fingerprint density at radius 1 is 0.909 bits per heavy atom. The second kappa shape index (κ2) is 7.52. The summed E-state index contributed by atoms with van der Waals surface area (Å²) in [5.41, 5.74) is 7.02. The number of aromatic nitrogens is 6. The predicted molar refractivity (Wildman–Crippen MR) is 124 cm³/mol. The monoisotopic (exact) mass is 436 g/mol. The normalized spacial score (nSPS) is 11.3. The zero-order valence-corrected chi connectivity index (χ0v) is 17.5. The van der Waals surface area contributed by atoms with Crippen LogP contribution in [0.25, 0.3) is 55.8 Å². The van der Waals surface area contributed by atoms with Gasteiger partial charge in [0.2, 0.25) is 0 Å². The van der Waals surface area contributed by atoms with Crippen LogP contribution in [0.2, 0.25) is 0 Å². The Kier molecular flexibility index (Phi) is 4.36. The van der Waals surface area contributed by atoms with Crippen molar-refractivity contribution in [3.63, 3.8) is 0 Å². The first-order valence-electron chi connectivity index (χ1n) is 10.3. The molecule has 0 saturated heterocycles. The van der Waals surface area contributed by atoms with E-state index < -0.39 is 0 Å². The molecule has 0 saturated carbocycles. The molecule has 5 aromatic heterocycles. The van der Waals surface area contributed by atoms with Crippen LogP contribution >= 0.6 is 0 Å². The lowest BCUT2D eigenvalue weighted by molar-refractivity contribution is 0.411. The number of H-pyrrole nitrogens is 2. The topological polar surface area (TPSA) is 92.4 Å². The summed E-state index contributed by atoms with van der Waals surface area (Å²) in [6, 6.07) is 16.2. The fraction of sp³-hybridized carbons (Fsp3) is 0.0400.